The first-order valence-electron chi connectivity index (χ1n) is 7.61. The van der Waals surface area contributed by atoms with Crippen molar-refractivity contribution in [3.8, 4) is 0 Å². The lowest BCUT2D eigenvalue weighted by Gasteiger charge is -2.44. The maximum absolute atomic E-state index is 3.56. The second-order valence-corrected chi connectivity index (χ2v) is 6.95. The molecule has 3 atom stereocenters. The molecule has 1 nitrogen and oxygen atoms in total. The number of nitrogens with zero attached hydrogens (tertiary/aromatic N) is 1. The fourth-order valence-corrected chi connectivity index (χ4v) is 4.50. The van der Waals surface area contributed by atoms with E-state index in [0.717, 1.165) is 17.9 Å². The van der Waals surface area contributed by atoms with Crippen molar-refractivity contribution < 1.29 is 0 Å². The van der Waals surface area contributed by atoms with E-state index in [1.165, 1.54) is 69.8 Å². The zero-order valence-corrected chi connectivity index (χ0v) is 12.9. The van der Waals surface area contributed by atoms with Gasteiger partial charge >= 0.3 is 0 Å². The van der Waals surface area contributed by atoms with E-state index >= 15 is 0 Å². The molecule has 100 valence electrons. The maximum Gasteiger partial charge on any atom is 0.0123 e. The van der Waals surface area contributed by atoms with Crippen molar-refractivity contribution in [2.45, 2.75) is 64.3 Å². The lowest BCUT2D eigenvalue weighted by Crippen LogP contribution is -2.47. The minimum Gasteiger partial charge on any atom is -0.300 e. The average Bonchev–Trinajstić information content (AvgIpc) is 2.36. The molecule has 1 aliphatic heterocycles. The van der Waals surface area contributed by atoms with Crippen LogP contribution >= 0.6 is 15.9 Å². The van der Waals surface area contributed by atoms with Gasteiger partial charge < -0.3 is 4.90 Å². The third-order valence-electron chi connectivity index (χ3n) is 4.87. The second kappa shape index (κ2) is 7.13. The van der Waals surface area contributed by atoms with Gasteiger partial charge in [0.15, 0.2) is 0 Å². The van der Waals surface area contributed by atoms with Crippen LogP contribution in [0, 0.1) is 11.8 Å². The Bertz CT molecular complexity index is 217. The summed E-state index contributed by atoms with van der Waals surface area (Å²) in [6.45, 7) is 5.14. The maximum atomic E-state index is 3.56. The van der Waals surface area contributed by atoms with Crippen molar-refractivity contribution in [2.75, 3.05) is 18.4 Å². The number of hydrogen-bond donors (Lipinski definition) is 0. The van der Waals surface area contributed by atoms with Crippen LogP contribution in [-0.4, -0.2) is 29.4 Å². The third kappa shape index (κ3) is 3.96. The summed E-state index contributed by atoms with van der Waals surface area (Å²) in [4.78, 5) is 2.83. The van der Waals surface area contributed by atoms with Crippen LogP contribution < -0.4 is 0 Å². The van der Waals surface area contributed by atoms with E-state index in [4.69, 9.17) is 0 Å². The lowest BCUT2D eigenvalue weighted by molar-refractivity contribution is 0.0568. The predicted molar refractivity (Wildman–Crippen MR) is 78.7 cm³/mol. The number of halogens is 1. The van der Waals surface area contributed by atoms with Gasteiger partial charge in [-0.3, -0.25) is 0 Å². The zero-order chi connectivity index (χ0) is 12.1. The Morgan fingerprint density at radius 2 is 1.88 bits per heavy atom. The number of piperidine rings is 1. The highest BCUT2D eigenvalue weighted by molar-refractivity contribution is 9.09. The first-order valence-corrected chi connectivity index (χ1v) is 8.73. The van der Waals surface area contributed by atoms with Gasteiger partial charge in [0.25, 0.3) is 0 Å². The number of alkyl halides is 1. The summed E-state index contributed by atoms with van der Waals surface area (Å²) in [5.74, 6) is 1.93. The number of likely N-dealkylation sites (tertiary alicyclic amines) is 1. The van der Waals surface area contributed by atoms with Crippen molar-refractivity contribution in [3.05, 3.63) is 0 Å². The molecule has 0 amide bonds. The molecule has 1 unspecified atom stereocenters. The van der Waals surface area contributed by atoms with E-state index < -0.39 is 0 Å². The minimum atomic E-state index is 0.887. The van der Waals surface area contributed by atoms with Crippen molar-refractivity contribution >= 4 is 15.9 Å². The van der Waals surface area contributed by atoms with E-state index in [1.54, 1.807) is 0 Å². The molecule has 1 saturated carbocycles. The molecular weight excluding hydrogens is 274 g/mol. The first kappa shape index (κ1) is 13.9. The molecule has 0 aromatic heterocycles. The summed E-state index contributed by atoms with van der Waals surface area (Å²) in [7, 11) is 0. The van der Waals surface area contributed by atoms with Gasteiger partial charge in [0, 0.05) is 11.4 Å². The molecule has 0 spiro atoms. The van der Waals surface area contributed by atoms with Crippen LogP contribution in [-0.2, 0) is 0 Å². The summed E-state index contributed by atoms with van der Waals surface area (Å²) < 4.78 is 0. The zero-order valence-electron chi connectivity index (χ0n) is 11.3. The molecule has 0 N–H and O–H groups in total. The number of hydrogen-bond acceptors (Lipinski definition) is 1. The standard InChI is InChI=1S/C15H28BrN/c1-13(8-10-16)9-12-17-11-4-6-14-5-2-3-7-15(14)17/h13-15H,2-12H2,1H3/t13?,14-,15-/m1/s1. The number of fused-ring (bicyclic) bond motifs is 1. The molecule has 0 aromatic rings. The fourth-order valence-electron chi connectivity index (χ4n) is 3.72. The molecule has 0 radical (unpaired) electrons. The highest BCUT2D eigenvalue weighted by Crippen LogP contribution is 2.35. The van der Waals surface area contributed by atoms with Crippen molar-refractivity contribution in [2.24, 2.45) is 11.8 Å². The van der Waals surface area contributed by atoms with E-state index in [2.05, 4.69) is 27.8 Å². The average molecular weight is 302 g/mol. The number of rotatable bonds is 5. The fraction of sp³-hybridized carbons (Fsp3) is 1.00. The Kier molecular flexibility index (Phi) is 5.82. The molecule has 17 heavy (non-hydrogen) atoms. The molecule has 1 heterocycles. The van der Waals surface area contributed by atoms with Crippen LogP contribution in [0.5, 0.6) is 0 Å². The SMILES string of the molecule is CC(CCBr)CCN1CCC[C@H]2CCCC[C@H]21. The largest absolute Gasteiger partial charge is 0.300 e. The third-order valence-corrected chi connectivity index (χ3v) is 5.33. The molecule has 2 rings (SSSR count). The summed E-state index contributed by atoms with van der Waals surface area (Å²) in [6, 6.07) is 0.952. The van der Waals surface area contributed by atoms with Gasteiger partial charge in [0.05, 0.1) is 0 Å². The highest BCUT2D eigenvalue weighted by atomic mass is 79.9. The minimum absolute atomic E-state index is 0.887. The lowest BCUT2D eigenvalue weighted by atomic mass is 9.78. The van der Waals surface area contributed by atoms with Crippen LogP contribution in [0.25, 0.3) is 0 Å². The van der Waals surface area contributed by atoms with Crippen LogP contribution in [0.3, 0.4) is 0 Å². The molecule has 1 aliphatic carbocycles. The van der Waals surface area contributed by atoms with Gasteiger partial charge in [-0.05, 0) is 63.5 Å². The highest BCUT2D eigenvalue weighted by Gasteiger charge is 2.32. The van der Waals surface area contributed by atoms with Crippen molar-refractivity contribution in [3.63, 3.8) is 0 Å². The Morgan fingerprint density at radius 1 is 1.12 bits per heavy atom. The Labute approximate surface area is 115 Å². The Morgan fingerprint density at radius 3 is 2.71 bits per heavy atom. The molecule has 2 aliphatic rings. The van der Waals surface area contributed by atoms with Gasteiger partial charge in [-0.1, -0.05) is 35.7 Å². The Balaban J connectivity index is 1.78. The van der Waals surface area contributed by atoms with Crippen molar-refractivity contribution in [1.82, 2.24) is 4.90 Å². The van der Waals surface area contributed by atoms with Crippen LogP contribution in [0.2, 0.25) is 0 Å². The van der Waals surface area contributed by atoms with E-state index in [0.29, 0.717) is 0 Å². The Hall–Kier alpha value is 0.440. The molecule has 2 heteroatoms. The molecule has 0 aromatic carbocycles. The molecular formula is C15H28BrN. The topological polar surface area (TPSA) is 3.24 Å². The van der Waals surface area contributed by atoms with Gasteiger partial charge in [-0.15, -0.1) is 0 Å². The van der Waals surface area contributed by atoms with Gasteiger partial charge in [0.2, 0.25) is 0 Å². The quantitative estimate of drug-likeness (QED) is 0.678. The smallest absolute Gasteiger partial charge is 0.0123 e. The summed E-state index contributed by atoms with van der Waals surface area (Å²) in [6.07, 6.45) is 11.7. The monoisotopic (exact) mass is 301 g/mol. The van der Waals surface area contributed by atoms with E-state index in [1.807, 2.05) is 0 Å². The van der Waals surface area contributed by atoms with Crippen LogP contribution in [0.15, 0.2) is 0 Å². The summed E-state index contributed by atoms with van der Waals surface area (Å²) in [5.41, 5.74) is 0. The van der Waals surface area contributed by atoms with Gasteiger partial charge in [0.1, 0.15) is 0 Å². The first-order chi connectivity index (χ1) is 8.31. The molecule has 1 saturated heterocycles. The normalized spacial score (nSPS) is 32.1. The van der Waals surface area contributed by atoms with Gasteiger partial charge in [-0.2, -0.15) is 0 Å². The van der Waals surface area contributed by atoms with Crippen molar-refractivity contribution in [1.29, 1.82) is 0 Å². The van der Waals surface area contributed by atoms with E-state index in [-0.39, 0.29) is 0 Å². The van der Waals surface area contributed by atoms with Gasteiger partial charge in [-0.25, -0.2) is 0 Å². The van der Waals surface area contributed by atoms with Crippen LogP contribution in [0.4, 0.5) is 0 Å². The van der Waals surface area contributed by atoms with E-state index in [9.17, 15) is 0 Å². The summed E-state index contributed by atoms with van der Waals surface area (Å²) in [5, 5.41) is 1.17. The second-order valence-electron chi connectivity index (χ2n) is 6.16. The predicted octanol–water partition coefficient (Wildman–Crippen LogP) is 4.45. The van der Waals surface area contributed by atoms with Crippen LogP contribution in [0.1, 0.15) is 58.3 Å². The molecule has 0 bridgehead atoms. The summed E-state index contributed by atoms with van der Waals surface area (Å²) >= 11 is 3.56. The molecule has 2 fully saturated rings.